The Labute approximate surface area is 121 Å². The number of furan rings is 1. The van der Waals surface area contributed by atoms with Crippen LogP contribution in [-0.4, -0.2) is 33.2 Å². The van der Waals surface area contributed by atoms with Gasteiger partial charge in [0.25, 0.3) is 5.91 Å². The number of aryl methyl sites for hydroxylation is 1. The van der Waals surface area contributed by atoms with E-state index in [2.05, 4.69) is 15.5 Å². The quantitative estimate of drug-likeness (QED) is 0.754. The highest BCUT2D eigenvalue weighted by atomic mass is 16.4. The molecule has 0 radical (unpaired) electrons. The van der Waals surface area contributed by atoms with Gasteiger partial charge in [-0.15, -0.1) is 0 Å². The SMILES string of the molecule is Cc1ccc(-c2cc(C(=O)NC(C)CCC(=O)O)n[nH]2)o1. The van der Waals surface area contributed by atoms with Gasteiger partial charge in [-0.1, -0.05) is 0 Å². The van der Waals surface area contributed by atoms with Crippen molar-refractivity contribution in [1.29, 1.82) is 0 Å². The zero-order valence-corrected chi connectivity index (χ0v) is 11.8. The van der Waals surface area contributed by atoms with Gasteiger partial charge in [-0.3, -0.25) is 14.7 Å². The molecule has 1 amide bonds. The van der Waals surface area contributed by atoms with E-state index in [0.717, 1.165) is 5.76 Å². The van der Waals surface area contributed by atoms with E-state index in [0.29, 0.717) is 17.9 Å². The number of H-pyrrole nitrogens is 1. The lowest BCUT2D eigenvalue weighted by Gasteiger charge is -2.11. The Morgan fingerprint density at radius 1 is 1.48 bits per heavy atom. The third-order valence-corrected chi connectivity index (χ3v) is 2.99. The van der Waals surface area contributed by atoms with Crippen LogP contribution < -0.4 is 5.32 Å². The fourth-order valence-electron chi connectivity index (χ4n) is 1.85. The number of carboxylic acids is 1. The van der Waals surface area contributed by atoms with E-state index in [9.17, 15) is 9.59 Å². The van der Waals surface area contributed by atoms with Crippen molar-refractivity contribution in [2.75, 3.05) is 0 Å². The minimum atomic E-state index is -0.883. The van der Waals surface area contributed by atoms with Crippen LogP contribution in [0.1, 0.15) is 36.0 Å². The summed E-state index contributed by atoms with van der Waals surface area (Å²) in [5.74, 6) is 0.149. The van der Waals surface area contributed by atoms with Gasteiger partial charge in [0, 0.05) is 18.5 Å². The Balaban J connectivity index is 1.97. The van der Waals surface area contributed by atoms with Crippen LogP contribution in [0, 0.1) is 6.92 Å². The van der Waals surface area contributed by atoms with Crippen molar-refractivity contribution in [2.24, 2.45) is 0 Å². The Hall–Kier alpha value is -2.57. The van der Waals surface area contributed by atoms with E-state index in [4.69, 9.17) is 9.52 Å². The molecule has 0 fully saturated rings. The van der Waals surface area contributed by atoms with E-state index in [1.807, 2.05) is 13.0 Å². The summed E-state index contributed by atoms with van der Waals surface area (Å²) in [6.45, 7) is 3.59. The number of aromatic nitrogens is 2. The maximum absolute atomic E-state index is 12.0. The molecular weight excluding hydrogens is 274 g/mol. The first-order chi connectivity index (χ1) is 9.95. The minimum Gasteiger partial charge on any atom is -0.481 e. The number of carboxylic acid groups (broad SMARTS) is 1. The molecule has 0 aliphatic carbocycles. The molecular formula is C14H17N3O4. The minimum absolute atomic E-state index is 0.0128. The van der Waals surface area contributed by atoms with Crippen LogP contribution in [0.25, 0.3) is 11.5 Å². The smallest absolute Gasteiger partial charge is 0.303 e. The Kier molecular flexibility index (Phi) is 4.42. The Morgan fingerprint density at radius 2 is 2.24 bits per heavy atom. The lowest BCUT2D eigenvalue weighted by atomic mass is 10.2. The lowest BCUT2D eigenvalue weighted by molar-refractivity contribution is -0.137. The molecule has 2 rings (SSSR count). The van der Waals surface area contributed by atoms with Crippen LogP contribution in [0.15, 0.2) is 22.6 Å². The Bertz CT molecular complexity index is 644. The molecule has 0 spiro atoms. The van der Waals surface area contributed by atoms with E-state index in [1.54, 1.807) is 19.1 Å². The van der Waals surface area contributed by atoms with Crippen LogP contribution in [-0.2, 0) is 4.79 Å². The van der Waals surface area contributed by atoms with Gasteiger partial charge in [0.15, 0.2) is 11.5 Å². The molecule has 112 valence electrons. The fourth-order valence-corrected chi connectivity index (χ4v) is 1.85. The van der Waals surface area contributed by atoms with Crippen LogP contribution >= 0.6 is 0 Å². The van der Waals surface area contributed by atoms with Gasteiger partial charge >= 0.3 is 5.97 Å². The van der Waals surface area contributed by atoms with E-state index >= 15 is 0 Å². The highest BCUT2D eigenvalue weighted by Crippen LogP contribution is 2.20. The van der Waals surface area contributed by atoms with Crippen LogP contribution in [0.5, 0.6) is 0 Å². The number of carbonyl (C=O) groups is 2. The van der Waals surface area contributed by atoms with E-state index < -0.39 is 5.97 Å². The van der Waals surface area contributed by atoms with Crippen LogP contribution in [0.2, 0.25) is 0 Å². The standard InChI is InChI=1S/C14H17N3O4/c1-8(3-6-13(18)19)15-14(20)11-7-10(16-17-11)12-5-4-9(2)21-12/h4-5,7-8H,3,6H2,1-2H3,(H,15,20)(H,16,17)(H,18,19). The maximum atomic E-state index is 12.0. The molecule has 0 aromatic carbocycles. The van der Waals surface area contributed by atoms with Gasteiger partial charge in [-0.2, -0.15) is 5.10 Å². The number of rotatable bonds is 6. The molecule has 0 aliphatic rings. The van der Waals surface area contributed by atoms with Gasteiger partial charge in [-0.05, 0) is 32.4 Å². The van der Waals surface area contributed by atoms with E-state index in [-0.39, 0.29) is 24.1 Å². The van der Waals surface area contributed by atoms with Crippen molar-refractivity contribution in [3.63, 3.8) is 0 Å². The molecule has 0 saturated carbocycles. The number of aliphatic carboxylic acids is 1. The summed E-state index contributed by atoms with van der Waals surface area (Å²) < 4.78 is 5.44. The summed E-state index contributed by atoms with van der Waals surface area (Å²) in [6.07, 6.45) is 0.384. The molecule has 7 heteroatoms. The van der Waals surface area contributed by atoms with Crippen molar-refractivity contribution >= 4 is 11.9 Å². The number of nitrogens with zero attached hydrogens (tertiary/aromatic N) is 1. The molecule has 1 atom stereocenters. The van der Waals surface area contributed by atoms with Gasteiger partial charge in [0.1, 0.15) is 11.5 Å². The summed E-state index contributed by atoms with van der Waals surface area (Å²) in [5, 5.41) is 18.0. The number of aromatic amines is 1. The van der Waals surface area contributed by atoms with Crippen LogP contribution in [0.4, 0.5) is 0 Å². The second-order valence-corrected chi connectivity index (χ2v) is 4.88. The average Bonchev–Trinajstić information content (AvgIpc) is 3.04. The number of hydrogen-bond donors (Lipinski definition) is 3. The fraction of sp³-hybridized carbons (Fsp3) is 0.357. The molecule has 3 N–H and O–H groups in total. The first-order valence-electron chi connectivity index (χ1n) is 6.60. The molecule has 2 aromatic rings. The number of hydrogen-bond acceptors (Lipinski definition) is 4. The summed E-state index contributed by atoms with van der Waals surface area (Å²) in [7, 11) is 0. The molecule has 21 heavy (non-hydrogen) atoms. The molecule has 1 unspecified atom stereocenters. The Morgan fingerprint density at radius 3 is 2.86 bits per heavy atom. The zero-order valence-electron chi connectivity index (χ0n) is 11.8. The number of nitrogens with one attached hydrogen (secondary N) is 2. The van der Waals surface area contributed by atoms with Crippen molar-refractivity contribution in [1.82, 2.24) is 15.5 Å². The number of carbonyl (C=O) groups excluding carboxylic acids is 1. The summed E-state index contributed by atoms with van der Waals surface area (Å²) in [4.78, 5) is 22.5. The highest BCUT2D eigenvalue weighted by molar-refractivity contribution is 5.93. The molecule has 0 bridgehead atoms. The zero-order chi connectivity index (χ0) is 15.4. The molecule has 0 aliphatic heterocycles. The van der Waals surface area contributed by atoms with Crippen molar-refractivity contribution in [3.05, 3.63) is 29.7 Å². The summed E-state index contributed by atoms with van der Waals surface area (Å²) in [5.41, 5.74) is 0.854. The van der Waals surface area contributed by atoms with Crippen LogP contribution in [0.3, 0.4) is 0 Å². The van der Waals surface area contributed by atoms with Gasteiger partial charge in [-0.25, -0.2) is 0 Å². The number of amides is 1. The predicted octanol–water partition coefficient (Wildman–Crippen LogP) is 1.96. The van der Waals surface area contributed by atoms with Gasteiger partial charge in [0.2, 0.25) is 0 Å². The largest absolute Gasteiger partial charge is 0.481 e. The lowest BCUT2D eigenvalue weighted by Crippen LogP contribution is -2.33. The third-order valence-electron chi connectivity index (χ3n) is 2.99. The predicted molar refractivity (Wildman–Crippen MR) is 74.8 cm³/mol. The second kappa shape index (κ2) is 6.25. The van der Waals surface area contributed by atoms with Gasteiger partial charge < -0.3 is 14.8 Å². The summed E-state index contributed by atoms with van der Waals surface area (Å²) >= 11 is 0. The van der Waals surface area contributed by atoms with Crippen molar-refractivity contribution < 1.29 is 19.1 Å². The highest BCUT2D eigenvalue weighted by Gasteiger charge is 2.15. The van der Waals surface area contributed by atoms with E-state index in [1.165, 1.54) is 0 Å². The second-order valence-electron chi connectivity index (χ2n) is 4.88. The average molecular weight is 291 g/mol. The van der Waals surface area contributed by atoms with Crippen molar-refractivity contribution in [3.8, 4) is 11.5 Å². The van der Waals surface area contributed by atoms with Crippen molar-refractivity contribution in [2.45, 2.75) is 32.7 Å². The monoisotopic (exact) mass is 291 g/mol. The first kappa shape index (κ1) is 14.8. The summed E-state index contributed by atoms with van der Waals surface area (Å²) in [6, 6.07) is 4.97. The molecule has 2 aromatic heterocycles. The molecule has 2 heterocycles. The normalized spacial score (nSPS) is 12.1. The first-order valence-corrected chi connectivity index (χ1v) is 6.60. The third kappa shape index (κ3) is 3.95. The van der Waals surface area contributed by atoms with Gasteiger partial charge in [0.05, 0.1) is 0 Å². The topological polar surface area (TPSA) is 108 Å². The maximum Gasteiger partial charge on any atom is 0.303 e. The molecule has 7 nitrogen and oxygen atoms in total. The molecule has 0 saturated heterocycles.